The number of hydrogen-bond donors (Lipinski definition) is 2. The number of benzene rings is 2. The summed E-state index contributed by atoms with van der Waals surface area (Å²) in [5, 5.41) is 2.81. The number of anilines is 1. The molecular weight excluding hydrogens is 336 g/mol. The van der Waals surface area contributed by atoms with Crippen molar-refractivity contribution < 1.29 is 13.2 Å². The largest absolute Gasteiger partial charge is 0.322 e. The van der Waals surface area contributed by atoms with Crippen LogP contribution in [-0.2, 0) is 10.0 Å². The van der Waals surface area contributed by atoms with Gasteiger partial charge in [0.25, 0.3) is 5.91 Å². The normalized spacial score (nSPS) is 12.6. The molecule has 2 N–H and O–H groups in total. The molecule has 0 heterocycles. The number of hydrogen-bond acceptors (Lipinski definition) is 3. The van der Waals surface area contributed by atoms with Crippen molar-refractivity contribution in [3.8, 4) is 0 Å². The zero-order valence-electron chi connectivity index (χ0n) is 14.7. The van der Waals surface area contributed by atoms with E-state index in [9.17, 15) is 13.2 Å². The molecule has 25 heavy (non-hydrogen) atoms. The van der Waals surface area contributed by atoms with E-state index in [1.165, 1.54) is 6.07 Å². The summed E-state index contributed by atoms with van der Waals surface area (Å²) in [4.78, 5) is 12.4. The Morgan fingerprint density at radius 2 is 1.80 bits per heavy atom. The van der Waals surface area contributed by atoms with Gasteiger partial charge in [0.1, 0.15) is 0 Å². The first-order chi connectivity index (χ1) is 11.8. The van der Waals surface area contributed by atoms with Crippen LogP contribution < -0.4 is 10.0 Å². The summed E-state index contributed by atoms with van der Waals surface area (Å²) in [6.45, 7) is 5.64. The summed E-state index contributed by atoms with van der Waals surface area (Å²) >= 11 is 0. The molecule has 0 aliphatic heterocycles. The fourth-order valence-electron chi connectivity index (χ4n) is 2.55. The van der Waals surface area contributed by atoms with Gasteiger partial charge in [0.2, 0.25) is 10.0 Å². The van der Waals surface area contributed by atoms with Crippen LogP contribution in [0.4, 0.5) is 5.69 Å². The van der Waals surface area contributed by atoms with Gasteiger partial charge in [-0.15, -0.1) is 0 Å². The molecule has 0 radical (unpaired) electrons. The minimum atomic E-state index is -3.56. The van der Waals surface area contributed by atoms with Gasteiger partial charge in [-0.1, -0.05) is 31.5 Å². The van der Waals surface area contributed by atoms with Gasteiger partial charge < -0.3 is 5.32 Å². The van der Waals surface area contributed by atoms with Gasteiger partial charge in [0.15, 0.2) is 0 Å². The first kappa shape index (κ1) is 19.1. The molecule has 134 valence electrons. The van der Waals surface area contributed by atoms with Crippen molar-refractivity contribution in [3.05, 3.63) is 59.7 Å². The van der Waals surface area contributed by atoms with Crippen molar-refractivity contribution >= 4 is 21.6 Å². The van der Waals surface area contributed by atoms with E-state index in [2.05, 4.69) is 10.0 Å². The van der Waals surface area contributed by atoms with E-state index in [-0.39, 0.29) is 16.8 Å². The molecule has 1 amide bonds. The van der Waals surface area contributed by atoms with Crippen molar-refractivity contribution in [2.75, 3.05) is 5.32 Å². The molecule has 1 atom stereocenters. The second kappa shape index (κ2) is 8.27. The lowest BCUT2D eigenvalue weighted by atomic mass is 10.1. The Balaban J connectivity index is 2.16. The third-order valence-electron chi connectivity index (χ3n) is 3.87. The number of carbonyl (C=O) groups is 1. The van der Waals surface area contributed by atoms with Crippen molar-refractivity contribution in [1.82, 2.24) is 4.72 Å². The molecule has 0 saturated heterocycles. The molecule has 0 bridgehead atoms. The van der Waals surface area contributed by atoms with Crippen LogP contribution in [0.5, 0.6) is 0 Å². The molecule has 5 nitrogen and oxygen atoms in total. The van der Waals surface area contributed by atoms with Gasteiger partial charge in [0, 0.05) is 17.3 Å². The second-order valence-electron chi connectivity index (χ2n) is 6.11. The molecule has 6 heteroatoms. The Kier molecular flexibility index (Phi) is 6.33. The maximum absolute atomic E-state index is 12.4. The predicted molar refractivity (Wildman–Crippen MR) is 100 cm³/mol. The summed E-state index contributed by atoms with van der Waals surface area (Å²) in [6, 6.07) is 13.5. The number of nitrogens with one attached hydrogen (secondary N) is 2. The number of aryl methyl sites for hydroxylation is 1. The minimum Gasteiger partial charge on any atom is -0.322 e. The van der Waals surface area contributed by atoms with E-state index < -0.39 is 10.0 Å². The Morgan fingerprint density at radius 3 is 2.40 bits per heavy atom. The third-order valence-corrected chi connectivity index (χ3v) is 5.46. The standard InChI is InChI=1S/C19H24N2O3S/c1-4-8-15(3)21-25(23,24)17-11-12-18(14(2)13-17)20-19(22)16-9-6-5-7-10-16/h5-7,9-13,15,21H,4,8H2,1-3H3,(H,20,22)/t15-/m0/s1. The highest BCUT2D eigenvalue weighted by Gasteiger charge is 2.18. The zero-order chi connectivity index (χ0) is 18.4. The van der Waals surface area contributed by atoms with E-state index in [0.717, 1.165) is 12.8 Å². The highest BCUT2D eigenvalue weighted by atomic mass is 32.2. The smallest absolute Gasteiger partial charge is 0.255 e. The summed E-state index contributed by atoms with van der Waals surface area (Å²) < 4.78 is 27.5. The molecule has 0 aliphatic rings. The summed E-state index contributed by atoms with van der Waals surface area (Å²) in [5.74, 6) is -0.228. The fraction of sp³-hybridized carbons (Fsp3) is 0.316. The second-order valence-corrected chi connectivity index (χ2v) is 7.82. The van der Waals surface area contributed by atoms with Crippen molar-refractivity contribution in [2.24, 2.45) is 0 Å². The molecule has 0 spiro atoms. The Labute approximate surface area is 149 Å². The van der Waals surface area contributed by atoms with Crippen LogP contribution in [0.1, 0.15) is 42.6 Å². The van der Waals surface area contributed by atoms with Gasteiger partial charge in [-0.05, 0) is 56.2 Å². The monoisotopic (exact) mass is 360 g/mol. The van der Waals surface area contributed by atoms with Gasteiger partial charge >= 0.3 is 0 Å². The highest BCUT2D eigenvalue weighted by Crippen LogP contribution is 2.21. The number of amides is 1. The maximum atomic E-state index is 12.4. The Hall–Kier alpha value is -2.18. The average Bonchev–Trinajstić information content (AvgIpc) is 2.57. The minimum absolute atomic E-state index is 0.118. The number of carbonyl (C=O) groups excluding carboxylic acids is 1. The van der Waals surface area contributed by atoms with Gasteiger partial charge in [-0.25, -0.2) is 13.1 Å². The van der Waals surface area contributed by atoms with Gasteiger partial charge in [-0.3, -0.25) is 4.79 Å². The lowest BCUT2D eigenvalue weighted by Gasteiger charge is -2.15. The topological polar surface area (TPSA) is 75.3 Å². The SMILES string of the molecule is CCC[C@H](C)NS(=O)(=O)c1ccc(NC(=O)c2ccccc2)c(C)c1. The third kappa shape index (κ3) is 5.14. The molecule has 0 saturated carbocycles. The van der Waals surface area contributed by atoms with Gasteiger partial charge in [-0.2, -0.15) is 0 Å². The fourth-order valence-corrected chi connectivity index (χ4v) is 3.92. The van der Waals surface area contributed by atoms with Crippen LogP contribution in [-0.4, -0.2) is 20.4 Å². The van der Waals surface area contributed by atoms with Crippen molar-refractivity contribution in [3.63, 3.8) is 0 Å². The summed E-state index contributed by atoms with van der Waals surface area (Å²) in [7, 11) is -3.56. The van der Waals surface area contributed by atoms with E-state index in [4.69, 9.17) is 0 Å². The molecule has 0 aliphatic carbocycles. The predicted octanol–water partition coefficient (Wildman–Crippen LogP) is 3.71. The molecule has 2 aromatic carbocycles. The lowest BCUT2D eigenvalue weighted by Crippen LogP contribution is -2.32. The van der Waals surface area contributed by atoms with Crippen molar-refractivity contribution in [1.29, 1.82) is 0 Å². The summed E-state index contributed by atoms with van der Waals surface area (Å²) in [6.07, 6.45) is 1.69. The van der Waals surface area contributed by atoms with Crippen LogP contribution in [0, 0.1) is 6.92 Å². The molecule has 2 aromatic rings. The molecule has 0 unspecified atom stereocenters. The zero-order valence-corrected chi connectivity index (χ0v) is 15.6. The average molecular weight is 360 g/mol. The van der Waals surface area contributed by atoms with Gasteiger partial charge in [0.05, 0.1) is 4.90 Å². The first-order valence-electron chi connectivity index (χ1n) is 8.33. The molecule has 0 aromatic heterocycles. The molecule has 0 fully saturated rings. The van der Waals surface area contributed by atoms with Crippen molar-refractivity contribution in [2.45, 2.75) is 44.6 Å². The molecular formula is C19H24N2O3S. The first-order valence-corrected chi connectivity index (χ1v) is 9.81. The van der Waals surface area contributed by atoms with E-state index >= 15 is 0 Å². The number of sulfonamides is 1. The Morgan fingerprint density at radius 1 is 1.12 bits per heavy atom. The van der Waals surface area contributed by atoms with Crippen LogP contribution in [0.3, 0.4) is 0 Å². The number of rotatable bonds is 7. The Bertz CT molecular complexity index is 833. The lowest BCUT2D eigenvalue weighted by molar-refractivity contribution is 0.102. The highest BCUT2D eigenvalue weighted by molar-refractivity contribution is 7.89. The van der Waals surface area contributed by atoms with E-state index in [0.29, 0.717) is 16.8 Å². The van der Waals surface area contributed by atoms with Crippen LogP contribution in [0.15, 0.2) is 53.4 Å². The summed E-state index contributed by atoms with van der Waals surface area (Å²) in [5.41, 5.74) is 1.83. The maximum Gasteiger partial charge on any atom is 0.255 e. The van der Waals surface area contributed by atoms with Crippen LogP contribution in [0.2, 0.25) is 0 Å². The molecule has 2 rings (SSSR count). The quantitative estimate of drug-likeness (QED) is 0.790. The van der Waals surface area contributed by atoms with Crippen LogP contribution >= 0.6 is 0 Å². The van der Waals surface area contributed by atoms with E-state index in [1.54, 1.807) is 43.3 Å². The van der Waals surface area contributed by atoms with Crippen LogP contribution in [0.25, 0.3) is 0 Å². The van der Waals surface area contributed by atoms with E-state index in [1.807, 2.05) is 19.9 Å².